The van der Waals surface area contributed by atoms with Crippen molar-refractivity contribution < 1.29 is 19.4 Å². The van der Waals surface area contributed by atoms with Crippen molar-refractivity contribution in [1.82, 2.24) is 20.2 Å². The number of hydrogen-bond acceptors (Lipinski definition) is 9. The third-order valence-corrected chi connectivity index (χ3v) is 7.11. The number of nitrogens with one attached hydrogen (secondary N) is 1. The number of benzene rings is 3. The Balaban J connectivity index is 1.47. The maximum Gasteiger partial charge on any atom is 0.250 e. The van der Waals surface area contributed by atoms with Crippen LogP contribution < -0.4 is 19.8 Å². The molecule has 0 radical (unpaired) electrons. The predicted molar refractivity (Wildman–Crippen MR) is 158 cm³/mol. The molecule has 40 heavy (non-hydrogen) atoms. The van der Waals surface area contributed by atoms with Crippen LogP contribution in [0.5, 0.6) is 17.2 Å². The van der Waals surface area contributed by atoms with E-state index >= 15 is 0 Å². The van der Waals surface area contributed by atoms with Gasteiger partial charge in [0.05, 0.1) is 26.2 Å². The third-order valence-electron chi connectivity index (χ3n) is 6.18. The van der Waals surface area contributed by atoms with Crippen LogP contribution in [0.2, 0.25) is 0 Å². The van der Waals surface area contributed by atoms with E-state index in [9.17, 15) is 9.90 Å². The van der Waals surface area contributed by atoms with Gasteiger partial charge in [-0.2, -0.15) is 5.10 Å². The van der Waals surface area contributed by atoms with Crippen LogP contribution in [-0.4, -0.2) is 65.1 Å². The zero-order chi connectivity index (χ0) is 28.5. The number of phenols is 1. The van der Waals surface area contributed by atoms with E-state index in [1.165, 1.54) is 18.0 Å². The van der Waals surface area contributed by atoms with Crippen molar-refractivity contribution in [3.8, 4) is 34.3 Å². The summed E-state index contributed by atoms with van der Waals surface area (Å²) in [6.07, 6.45) is 1.42. The Morgan fingerprint density at radius 3 is 2.25 bits per heavy atom. The molecule has 208 valence electrons. The van der Waals surface area contributed by atoms with E-state index < -0.39 is 0 Å². The van der Waals surface area contributed by atoms with Crippen molar-refractivity contribution in [2.75, 3.05) is 38.0 Å². The molecule has 1 aromatic heterocycles. The molecule has 0 spiro atoms. The molecule has 0 fully saturated rings. The van der Waals surface area contributed by atoms with E-state index in [0.717, 1.165) is 41.5 Å². The number of aromatic nitrogens is 3. The fraction of sp³-hybridized carbons (Fsp3) is 0.241. The smallest absolute Gasteiger partial charge is 0.250 e. The van der Waals surface area contributed by atoms with Gasteiger partial charge in [0.1, 0.15) is 17.2 Å². The Morgan fingerprint density at radius 1 is 1.00 bits per heavy atom. The van der Waals surface area contributed by atoms with Gasteiger partial charge in [-0.3, -0.25) is 9.36 Å². The van der Waals surface area contributed by atoms with Gasteiger partial charge in [0.2, 0.25) is 0 Å². The zero-order valence-corrected chi connectivity index (χ0v) is 23.7. The molecule has 0 bridgehead atoms. The van der Waals surface area contributed by atoms with Crippen LogP contribution in [0.4, 0.5) is 5.69 Å². The Kier molecular flexibility index (Phi) is 9.63. The molecule has 10 nitrogen and oxygen atoms in total. The number of aromatic hydroxyl groups is 1. The number of thioether (sulfide) groups is 1. The summed E-state index contributed by atoms with van der Waals surface area (Å²) in [5.74, 6) is 1.91. The number of amides is 1. The molecule has 3 aromatic carbocycles. The van der Waals surface area contributed by atoms with Crippen LogP contribution in [0.15, 0.2) is 77.0 Å². The van der Waals surface area contributed by atoms with E-state index in [-0.39, 0.29) is 17.4 Å². The first-order chi connectivity index (χ1) is 19.5. The fourth-order valence-electron chi connectivity index (χ4n) is 4.02. The number of carbonyl (C=O) groups excluding carboxylic acids is 1. The first kappa shape index (κ1) is 28.5. The van der Waals surface area contributed by atoms with Gasteiger partial charge in [0, 0.05) is 41.7 Å². The average molecular weight is 561 g/mol. The van der Waals surface area contributed by atoms with Crippen molar-refractivity contribution in [3.05, 3.63) is 72.3 Å². The number of hydrogen-bond donors (Lipinski definition) is 2. The highest BCUT2D eigenvalue weighted by Crippen LogP contribution is 2.30. The van der Waals surface area contributed by atoms with Gasteiger partial charge in [0.15, 0.2) is 11.0 Å². The molecule has 2 N–H and O–H groups in total. The van der Waals surface area contributed by atoms with Gasteiger partial charge in [-0.1, -0.05) is 11.8 Å². The summed E-state index contributed by atoms with van der Waals surface area (Å²) in [5, 5.41) is 23.7. The summed E-state index contributed by atoms with van der Waals surface area (Å²) in [7, 11) is 3.23. The number of hydrazone groups is 1. The average Bonchev–Trinajstić information content (AvgIpc) is 3.41. The van der Waals surface area contributed by atoms with Crippen LogP contribution >= 0.6 is 11.8 Å². The van der Waals surface area contributed by atoms with Gasteiger partial charge < -0.3 is 19.5 Å². The van der Waals surface area contributed by atoms with E-state index in [4.69, 9.17) is 9.47 Å². The number of methoxy groups -OCH3 is 2. The minimum absolute atomic E-state index is 0.0567. The summed E-state index contributed by atoms with van der Waals surface area (Å²) in [6.45, 7) is 5.79. The SMILES string of the molecule is CCN(CC)c1ccc(/C=N/NC(=O)CSc2nnc(-c3ccc(OC)cc3)n2-c2ccc(OC)cc2)c(O)c1. The van der Waals surface area contributed by atoms with Crippen molar-refractivity contribution >= 4 is 29.6 Å². The van der Waals surface area contributed by atoms with Crippen LogP contribution in [0.3, 0.4) is 0 Å². The largest absolute Gasteiger partial charge is 0.507 e. The first-order valence-corrected chi connectivity index (χ1v) is 13.7. The monoisotopic (exact) mass is 560 g/mol. The number of carbonyl (C=O) groups is 1. The quantitative estimate of drug-likeness (QED) is 0.145. The molecular weight excluding hydrogens is 528 g/mol. The molecule has 0 aliphatic carbocycles. The van der Waals surface area contributed by atoms with Gasteiger partial charge >= 0.3 is 0 Å². The number of phenolic OH excluding ortho intramolecular Hbond substituents is 1. The van der Waals surface area contributed by atoms with Crippen LogP contribution in [-0.2, 0) is 4.79 Å². The summed E-state index contributed by atoms with van der Waals surface area (Å²) >= 11 is 1.24. The number of anilines is 1. The Bertz CT molecular complexity index is 1450. The van der Waals surface area contributed by atoms with E-state index in [1.54, 1.807) is 26.4 Å². The lowest BCUT2D eigenvalue weighted by Gasteiger charge is -2.21. The summed E-state index contributed by atoms with van der Waals surface area (Å²) in [5.41, 5.74) is 5.61. The summed E-state index contributed by atoms with van der Waals surface area (Å²) in [6, 6.07) is 20.4. The zero-order valence-electron chi connectivity index (χ0n) is 22.9. The van der Waals surface area contributed by atoms with Crippen LogP contribution in [0, 0.1) is 0 Å². The Hall–Kier alpha value is -4.51. The predicted octanol–water partition coefficient (Wildman–Crippen LogP) is 4.75. The molecule has 4 rings (SSSR count). The number of rotatable bonds is 12. The number of ether oxygens (including phenoxy) is 2. The van der Waals surface area contributed by atoms with E-state index in [2.05, 4.69) is 39.5 Å². The highest BCUT2D eigenvalue weighted by Gasteiger charge is 2.18. The first-order valence-electron chi connectivity index (χ1n) is 12.7. The minimum atomic E-state index is -0.323. The topological polar surface area (TPSA) is 114 Å². The van der Waals surface area contributed by atoms with Gasteiger partial charge in [-0.25, -0.2) is 5.43 Å². The van der Waals surface area contributed by atoms with Crippen LogP contribution in [0.1, 0.15) is 19.4 Å². The standard InChI is InChI=1S/C29H32N6O4S/c1-5-34(6-2)23-10-7-21(26(36)17-23)18-30-31-27(37)19-40-29-33-32-28(20-8-13-24(38-3)14-9-20)35(29)22-11-15-25(39-4)16-12-22/h7-18,36H,5-6,19H2,1-4H3,(H,31,37)/b30-18+. The van der Waals surface area contributed by atoms with E-state index in [0.29, 0.717) is 16.5 Å². The molecule has 0 saturated heterocycles. The molecule has 0 aliphatic heterocycles. The second-order valence-electron chi connectivity index (χ2n) is 8.57. The molecule has 4 aromatic rings. The molecule has 0 unspecified atom stereocenters. The molecule has 0 saturated carbocycles. The van der Waals surface area contributed by atoms with Gasteiger partial charge in [0.25, 0.3) is 5.91 Å². The summed E-state index contributed by atoms with van der Waals surface area (Å²) in [4.78, 5) is 14.7. The van der Waals surface area contributed by atoms with Crippen molar-refractivity contribution in [2.45, 2.75) is 19.0 Å². The molecule has 1 heterocycles. The maximum absolute atomic E-state index is 12.6. The highest BCUT2D eigenvalue weighted by atomic mass is 32.2. The molecular formula is C29H32N6O4S. The molecule has 11 heteroatoms. The lowest BCUT2D eigenvalue weighted by molar-refractivity contribution is -0.118. The molecule has 0 atom stereocenters. The molecule has 0 aliphatic rings. The second kappa shape index (κ2) is 13.5. The number of nitrogens with zero attached hydrogens (tertiary/aromatic N) is 5. The maximum atomic E-state index is 12.6. The Morgan fingerprint density at radius 2 is 1.65 bits per heavy atom. The Labute approximate surface area is 237 Å². The van der Waals surface area contributed by atoms with Crippen molar-refractivity contribution in [2.24, 2.45) is 5.10 Å². The van der Waals surface area contributed by atoms with Crippen LogP contribution in [0.25, 0.3) is 17.1 Å². The normalized spacial score (nSPS) is 11.0. The second-order valence-corrected chi connectivity index (χ2v) is 9.51. The molecule has 1 amide bonds. The van der Waals surface area contributed by atoms with Crippen molar-refractivity contribution in [1.29, 1.82) is 0 Å². The summed E-state index contributed by atoms with van der Waals surface area (Å²) < 4.78 is 12.5. The third kappa shape index (κ3) is 6.73. The fourth-order valence-corrected chi connectivity index (χ4v) is 4.76. The lowest BCUT2D eigenvalue weighted by Crippen LogP contribution is -2.21. The van der Waals surface area contributed by atoms with Crippen molar-refractivity contribution in [3.63, 3.8) is 0 Å². The minimum Gasteiger partial charge on any atom is -0.507 e. The lowest BCUT2D eigenvalue weighted by atomic mass is 10.2. The van der Waals surface area contributed by atoms with E-state index in [1.807, 2.05) is 59.2 Å². The van der Waals surface area contributed by atoms with Gasteiger partial charge in [-0.15, -0.1) is 10.2 Å². The highest BCUT2D eigenvalue weighted by molar-refractivity contribution is 7.99. The van der Waals surface area contributed by atoms with Gasteiger partial charge in [-0.05, 0) is 74.5 Å².